The first-order valence-corrected chi connectivity index (χ1v) is 5.78. The molecular formula is C10H15N3OS. The van der Waals surface area contributed by atoms with Gasteiger partial charge in [0.25, 0.3) is 0 Å². The molecule has 1 aromatic rings. The van der Waals surface area contributed by atoms with Gasteiger partial charge in [0.15, 0.2) is 5.90 Å². The Labute approximate surface area is 93.7 Å². The molecule has 1 aromatic heterocycles. The molecule has 0 unspecified atom stereocenters. The summed E-state index contributed by atoms with van der Waals surface area (Å²) >= 11 is 1.72. The summed E-state index contributed by atoms with van der Waals surface area (Å²) in [5.41, 5.74) is 6.53. The van der Waals surface area contributed by atoms with Gasteiger partial charge in [-0.3, -0.25) is 5.41 Å². The average Bonchev–Trinajstić information content (AvgIpc) is 2.24. The second-order valence-electron chi connectivity index (χ2n) is 2.98. The van der Waals surface area contributed by atoms with E-state index in [9.17, 15) is 0 Å². The van der Waals surface area contributed by atoms with Gasteiger partial charge in [0.05, 0.1) is 12.8 Å². The van der Waals surface area contributed by atoms with Crippen molar-refractivity contribution in [3.63, 3.8) is 0 Å². The van der Waals surface area contributed by atoms with Crippen LogP contribution in [0.15, 0.2) is 18.2 Å². The fourth-order valence-electron chi connectivity index (χ4n) is 1.02. The van der Waals surface area contributed by atoms with Crippen LogP contribution < -0.4 is 5.73 Å². The highest BCUT2D eigenvalue weighted by Gasteiger charge is 1.98. The third-order valence-electron chi connectivity index (χ3n) is 1.80. The van der Waals surface area contributed by atoms with Crippen molar-refractivity contribution < 1.29 is 4.74 Å². The van der Waals surface area contributed by atoms with Gasteiger partial charge >= 0.3 is 0 Å². The minimum absolute atomic E-state index is 0.322. The van der Waals surface area contributed by atoms with Crippen molar-refractivity contribution in [2.45, 2.75) is 12.2 Å². The highest BCUT2D eigenvalue weighted by Crippen LogP contribution is 2.12. The van der Waals surface area contributed by atoms with Crippen LogP contribution in [0.5, 0.6) is 0 Å². The summed E-state index contributed by atoms with van der Waals surface area (Å²) in [4.78, 5) is 4.18. The summed E-state index contributed by atoms with van der Waals surface area (Å²) in [7, 11) is 1.52. The van der Waals surface area contributed by atoms with E-state index in [1.807, 2.05) is 12.1 Å². The third kappa shape index (κ3) is 4.69. The molecule has 0 bridgehead atoms. The third-order valence-corrected chi connectivity index (χ3v) is 2.79. The summed E-state index contributed by atoms with van der Waals surface area (Å²) in [6.07, 6.45) is 0.656. The summed E-state index contributed by atoms with van der Waals surface area (Å²) in [5.74, 6) is 2.56. The number of nitrogens with zero attached hydrogens (tertiary/aromatic N) is 1. The second kappa shape index (κ2) is 6.29. The normalized spacial score (nSPS) is 9.93. The van der Waals surface area contributed by atoms with Crippen molar-refractivity contribution in [3.8, 4) is 0 Å². The van der Waals surface area contributed by atoms with Crippen LogP contribution in [0.3, 0.4) is 0 Å². The predicted octanol–water partition coefficient (Wildman–Crippen LogP) is 1.91. The first kappa shape index (κ1) is 11.8. The number of hydrogen-bond acceptors (Lipinski definition) is 5. The maximum absolute atomic E-state index is 7.28. The number of methoxy groups -OCH3 is 1. The number of rotatable bonds is 5. The zero-order valence-corrected chi connectivity index (χ0v) is 9.51. The topological polar surface area (TPSA) is 72.0 Å². The van der Waals surface area contributed by atoms with Gasteiger partial charge in [0.1, 0.15) is 5.82 Å². The summed E-state index contributed by atoms with van der Waals surface area (Å²) in [6.45, 7) is 0. The molecule has 1 rings (SSSR count). The number of pyridine rings is 1. The maximum atomic E-state index is 7.28. The zero-order valence-electron chi connectivity index (χ0n) is 8.69. The molecule has 0 saturated heterocycles. The number of hydrogen-bond donors (Lipinski definition) is 2. The van der Waals surface area contributed by atoms with Crippen LogP contribution in [0.2, 0.25) is 0 Å². The van der Waals surface area contributed by atoms with Crippen molar-refractivity contribution in [2.75, 3.05) is 18.6 Å². The van der Waals surface area contributed by atoms with Crippen LogP contribution >= 0.6 is 11.8 Å². The number of thioether (sulfide) groups is 1. The average molecular weight is 225 g/mol. The molecule has 0 radical (unpaired) electrons. The Morgan fingerprint density at radius 2 is 2.40 bits per heavy atom. The maximum Gasteiger partial charge on any atom is 0.180 e. The largest absolute Gasteiger partial charge is 0.484 e. The molecular weight excluding hydrogens is 210 g/mol. The lowest BCUT2D eigenvalue weighted by Gasteiger charge is -2.03. The van der Waals surface area contributed by atoms with Gasteiger partial charge in [-0.25, -0.2) is 4.98 Å². The molecule has 0 spiro atoms. The van der Waals surface area contributed by atoms with Crippen molar-refractivity contribution in [2.24, 2.45) is 0 Å². The van der Waals surface area contributed by atoms with E-state index in [4.69, 9.17) is 15.9 Å². The van der Waals surface area contributed by atoms with E-state index in [1.54, 1.807) is 17.8 Å². The van der Waals surface area contributed by atoms with Gasteiger partial charge in [-0.1, -0.05) is 6.07 Å². The van der Waals surface area contributed by atoms with Gasteiger partial charge in [-0.2, -0.15) is 11.8 Å². The molecule has 15 heavy (non-hydrogen) atoms. The standard InChI is InChI=1S/C10H15N3OS/c1-14-10(12)5-6-15-7-8-3-2-4-9(11)13-8/h2-4,12H,5-7H2,1H3,(H2,11,13). The van der Waals surface area contributed by atoms with Crippen molar-refractivity contribution >= 4 is 23.5 Å². The number of nitrogen functional groups attached to an aromatic ring is 1. The first-order valence-electron chi connectivity index (χ1n) is 4.63. The Morgan fingerprint density at radius 3 is 3.07 bits per heavy atom. The molecule has 0 fully saturated rings. The highest BCUT2D eigenvalue weighted by atomic mass is 32.2. The second-order valence-corrected chi connectivity index (χ2v) is 4.09. The Morgan fingerprint density at radius 1 is 1.60 bits per heavy atom. The lowest BCUT2D eigenvalue weighted by Crippen LogP contribution is -2.00. The van der Waals surface area contributed by atoms with Gasteiger partial charge in [0, 0.05) is 17.9 Å². The molecule has 5 heteroatoms. The number of nitrogens with two attached hydrogens (primary N) is 1. The summed E-state index contributed by atoms with van der Waals surface area (Å²) < 4.78 is 4.76. The first-order chi connectivity index (χ1) is 7.22. The summed E-state index contributed by atoms with van der Waals surface area (Å²) in [6, 6.07) is 5.62. The smallest absolute Gasteiger partial charge is 0.180 e. The Hall–Kier alpha value is -1.23. The van der Waals surface area contributed by atoms with Gasteiger partial charge < -0.3 is 10.5 Å². The monoisotopic (exact) mass is 225 g/mol. The molecule has 0 aliphatic heterocycles. The highest BCUT2D eigenvalue weighted by molar-refractivity contribution is 7.98. The lowest BCUT2D eigenvalue weighted by atomic mass is 10.4. The number of nitrogens with one attached hydrogen (secondary N) is 1. The molecule has 0 amide bonds. The van der Waals surface area contributed by atoms with Crippen LogP contribution in [0.1, 0.15) is 12.1 Å². The van der Waals surface area contributed by atoms with E-state index < -0.39 is 0 Å². The summed E-state index contributed by atoms with van der Waals surface area (Å²) in [5, 5.41) is 7.28. The van der Waals surface area contributed by atoms with E-state index >= 15 is 0 Å². The van der Waals surface area contributed by atoms with E-state index in [2.05, 4.69) is 4.98 Å². The molecule has 0 saturated carbocycles. The van der Waals surface area contributed by atoms with E-state index in [0.717, 1.165) is 17.2 Å². The van der Waals surface area contributed by atoms with Gasteiger partial charge in [-0.15, -0.1) is 0 Å². The fraction of sp³-hybridized carbons (Fsp3) is 0.400. The molecule has 4 nitrogen and oxygen atoms in total. The van der Waals surface area contributed by atoms with Crippen LogP contribution in [-0.4, -0.2) is 23.7 Å². The SMILES string of the molecule is COC(=N)CCSCc1cccc(N)n1. The predicted molar refractivity (Wildman–Crippen MR) is 64.2 cm³/mol. The number of aromatic nitrogens is 1. The lowest BCUT2D eigenvalue weighted by molar-refractivity contribution is 0.389. The Kier molecular flexibility index (Phi) is 4.97. The van der Waals surface area contributed by atoms with Crippen molar-refractivity contribution in [3.05, 3.63) is 23.9 Å². The minimum atomic E-state index is 0.322. The Balaban J connectivity index is 2.23. The van der Waals surface area contributed by atoms with Crippen LogP contribution in [-0.2, 0) is 10.5 Å². The van der Waals surface area contributed by atoms with Crippen LogP contribution in [0.4, 0.5) is 5.82 Å². The zero-order chi connectivity index (χ0) is 11.1. The molecule has 0 aliphatic rings. The molecule has 0 aromatic carbocycles. The Bertz CT molecular complexity index is 330. The van der Waals surface area contributed by atoms with Crippen molar-refractivity contribution in [1.82, 2.24) is 4.98 Å². The quantitative estimate of drug-likeness (QED) is 0.456. The van der Waals surface area contributed by atoms with E-state index in [0.29, 0.717) is 18.1 Å². The molecule has 82 valence electrons. The molecule has 0 aliphatic carbocycles. The van der Waals surface area contributed by atoms with E-state index in [-0.39, 0.29) is 0 Å². The molecule has 1 heterocycles. The van der Waals surface area contributed by atoms with Gasteiger partial charge in [0.2, 0.25) is 0 Å². The number of anilines is 1. The molecule has 0 atom stereocenters. The van der Waals surface area contributed by atoms with Crippen LogP contribution in [0.25, 0.3) is 0 Å². The van der Waals surface area contributed by atoms with E-state index in [1.165, 1.54) is 7.11 Å². The van der Waals surface area contributed by atoms with Crippen LogP contribution in [0, 0.1) is 5.41 Å². The fourth-order valence-corrected chi connectivity index (χ4v) is 1.87. The van der Waals surface area contributed by atoms with Gasteiger partial charge in [-0.05, 0) is 12.1 Å². The number of ether oxygens (including phenoxy) is 1. The van der Waals surface area contributed by atoms with Crippen molar-refractivity contribution in [1.29, 1.82) is 5.41 Å². The molecule has 3 N–H and O–H groups in total. The minimum Gasteiger partial charge on any atom is -0.484 e.